The van der Waals surface area contributed by atoms with Crippen LogP contribution in [0.1, 0.15) is 18.9 Å². The minimum absolute atomic E-state index is 0. The van der Waals surface area contributed by atoms with E-state index in [1.165, 1.54) is 6.07 Å². The maximum atomic E-state index is 13.6. The van der Waals surface area contributed by atoms with Crippen LogP contribution in [0.4, 0.5) is 4.39 Å². The third-order valence-corrected chi connectivity index (χ3v) is 4.54. The number of halogens is 1. The Morgan fingerprint density at radius 3 is 2.83 bits per heavy atom. The van der Waals surface area contributed by atoms with E-state index in [0.717, 1.165) is 17.1 Å². The molecule has 2 aromatic carbocycles. The fraction of sp³-hybridized carbons (Fsp3) is 0.278. The molecule has 1 fully saturated rings. The third-order valence-electron chi connectivity index (χ3n) is 3.45. The van der Waals surface area contributed by atoms with E-state index < -0.39 is 0 Å². The molecule has 3 rings (SSSR count). The van der Waals surface area contributed by atoms with Gasteiger partial charge < -0.3 is 9.47 Å². The maximum absolute atomic E-state index is 13.6. The van der Waals surface area contributed by atoms with Gasteiger partial charge in [-0.1, -0.05) is 43.0 Å². The van der Waals surface area contributed by atoms with Gasteiger partial charge in [-0.25, -0.2) is 11.0 Å². The van der Waals surface area contributed by atoms with Crippen LogP contribution in [0, 0.1) is 18.3 Å². The summed E-state index contributed by atoms with van der Waals surface area (Å²) < 4.78 is 24.9. The molecule has 2 aromatic rings. The van der Waals surface area contributed by atoms with Crippen LogP contribution in [0.3, 0.4) is 0 Å². The van der Waals surface area contributed by atoms with Gasteiger partial charge >= 0.3 is 68.9 Å². The summed E-state index contributed by atoms with van der Waals surface area (Å²) >= 11 is 1.69. The van der Waals surface area contributed by atoms with Gasteiger partial charge in [0.05, 0.1) is 5.44 Å². The van der Waals surface area contributed by atoms with E-state index in [9.17, 15) is 4.39 Å². The second-order valence-corrected chi connectivity index (χ2v) is 6.62. The SMILES string of the molecule is C[C@H]1[CH-]OC(Sc2cccc(OCc3ccccc3F)c2)C1.[Cs+]. The number of hydrogen-bond acceptors (Lipinski definition) is 3. The van der Waals surface area contributed by atoms with Gasteiger partial charge in [-0.05, 0) is 30.7 Å². The number of thioether (sulfide) groups is 1. The summed E-state index contributed by atoms with van der Waals surface area (Å²) in [5.74, 6) is 0.998. The standard InChI is InChI=1S/C18H18FO2S.Cs/c1-13-9-18(21-11-13)22-16-7-4-6-15(10-16)20-12-14-5-2-3-8-17(14)19;/h2-8,10-11,13,18H,9,12H2,1H3;/q-1;+1/t13-,18?;/m1./s1. The van der Waals surface area contributed by atoms with Crippen molar-refractivity contribution < 1.29 is 82.8 Å². The molecule has 0 aliphatic carbocycles. The summed E-state index contributed by atoms with van der Waals surface area (Å²) in [6.07, 6.45) is 1.02. The minimum atomic E-state index is -0.239. The molecule has 0 aromatic heterocycles. The van der Waals surface area contributed by atoms with E-state index in [4.69, 9.17) is 9.47 Å². The summed E-state index contributed by atoms with van der Waals surface area (Å²) in [7, 11) is 0. The van der Waals surface area contributed by atoms with E-state index >= 15 is 0 Å². The largest absolute Gasteiger partial charge is 1.00 e. The second-order valence-electron chi connectivity index (χ2n) is 5.39. The number of ether oxygens (including phenoxy) is 2. The van der Waals surface area contributed by atoms with Gasteiger partial charge in [0.15, 0.2) is 0 Å². The second kappa shape index (κ2) is 9.87. The normalized spacial score (nSPS) is 20.1. The molecule has 0 saturated carbocycles. The average molecular weight is 450 g/mol. The molecule has 1 heterocycles. The minimum Gasteiger partial charge on any atom is -0.542 e. The summed E-state index contributed by atoms with van der Waals surface area (Å²) in [6, 6.07) is 14.5. The number of benzene rings is 2. The molecule has 116 valence electrons. The van der Waals surface area contributed by atoms with Gasteiger partial charge in [-0.3, -0.25) is 0 Å². The van der Waals surface area contributed by atoms with Crippen molar-refractivity contribution in [3.05, 3.63) is 66.5 Å². The van der Waals surface area contributed by atoms with Crippen molar-refractivity contribution in [1.82, 2.24) is 0 Å². The average Bonchev–Trinajstić information content (AvgIpc) is 2.92. The molecular formula is C18H18CsFO2S. The van der Waals surface area contributed by atoms with E-state index in [1.807, 2.05) is 36.9 Å². The first kappa shape index (κ1) is 19.9. The van der Waals surface area contributed by atoms with Crippen LogP contribution in [0.5, 0.6) is 5.75 Å². The van der Waals surface area contributed by atoms with Crippen molar-refractivity contribution in [2.75, 3.05) is 0 Å². The van der Waals surface area contributed by atoms with Gasteiger partial charge in [-0.2, -0.15) is 0 Å². The third kappa shape index (κ3) is 6.08. The molecule has 0 bridgehead atoms. The van der Waals surface area contributed by atoms with Crippen molar-refractivity contribution in [2.24, 2.45) is 5.92 Å². The zero-order valence-electron chi connectivity index (χ0n) is 13.4. The Hall–Kier alpha value is 0.532. The molecule has 0 amide bonds. The Labute approximate surface area is 199 Å². The fourth-order valence-electron chi connectivity index (χ4n) is 2.28. The Morgan fingerprint density at radius 1 is 1.26 bits per heavy atom. The quantitative estimate of drug-likeness (QED) is 0.650. The molecular weight excluding hydrogens is 432 g/mol. The van der Waals surface area contributed by atoms with Crippen LogP contribution in [-0.4, -0.2) is 5.44 Å². The van der Waals surface area contributed by atoms with Crippen LogP contribution in [0.25, 0.3) is 0 Å². The topological polar surface area (TPSA) is 18.5 Å². The Kier molecular flexibility index (Phi) is 8.52. The molecule has 2 nitrogen and oxygen atoms in total. The van der Waals surface area contributed by atoms with E-state index in [-0.39, 0.29) is 86.8 Å². The van der Waals surface area contributed by atoms with Crippen LogP contribution < -0.4 is 73.6 Å². The predicted molar refractivity (Wildman–Crippen MR) is 86.0 cm³/mol. The molecule has 1 saturated heterocycles. The first-order valence-electron chi connectivity index (χ1n) is 7.32. The number of rotatable bonds is 5. The summed E-state index contributed by atoms with van der Waals surface area (Å²) in [6.45, 7) is 4.27. The fourth-order valence-corrected chi connectivity index (χ4v) is 3.44. The summed E-state index contributed by atoms with van der Waals surface area (Å²) in [5.41, 5.74) is 0.722. The van der Waals surface area contributed by atoms with Crippen molar-refractivity contribution in [2.45, 2.75) is 30.3 Å². The van der Waals surface area contributed by atoms with Gasteiger partial charge in [0, 0.05) is 10.5 Å². The summed E-state index contributed by atoms with van der Waals surface area (Å²) in [5, 5.41) is 0. The van der Waals surface area contributed by atoms with Crippen molar-refractivity contribution in [3.8, 4) is 5.75 Å². The van der Waals surface area contributed by atoms with Crippen LogP contribution >= 0.6 is 11.8 Å². The number of hydrogen-bond donors (Lipinski definition) is 0. The summed E-state index contributed by atoms with van der Waals surface area (Å²) in [4.78, 5) is 1.10. The smallest absolute Gasteiger partial charge is 0.542 e. The van der Waals surface area contributed by atoms with Crippen LogP contribution in [0.15, 0.2) is 53.4 Å². The molecule has 23 heavy (non-hydrogen) atoms. The molecule has 1 aliphatic rings. The molecule has 0 radical (unpaired) electrons. The molecule has 2 atom stereocenters. The zero-order chi connectivity index (χ0) is 15.4. The van der Waals surface area contributed by atoms with Crippen molar-refractivity contribution in [1.29, 1.82) is 0 Å². The molecule has 0 spiro atoms. The van der Waals surface area contributed by atoms with Gasteiger partial charge in [0.1, 0.15) is 18.2 Å². The molecule has 1 unspecified atom stereocenters. The molecule has 0 N–H and O–H groups in total. The Balaban J connectivity index is 0.00000192. The van der Waals surface area contributed by atoms with E-state index in [1.54, 1.807) is 23.9 Å². The molecule has 5 heteroatoms. The Morgan fingerprint density at radius 2 is 2.09 bits per heavy atom. The predicted octanol–water partition coefficient (Wildman–Crippen LogP) is 2.05. The monoisotopic (exact) mass is 450 g/mol. The first-order chi connectivity index (χ1) is 10.7. The van der Waals surface area contributed by atoms with Gasteiger partial charge in [0.25, 0.3) is 0 Å². The van der Waals surface area contributed by atoms with E-state index in [2.05, 4.69) is 6.92 Å². The van der Waals surface area contributed by atoms with Crippen molar-refractivity contribution in [3.63, 3.8) is 0 Å². The Bertz CT molecular complexity index is 638. The molecule has 1 aliphatic heterocycles. The van der Waals surface area contributed by atoms with E-state index in [0.29, 0.717) is 11.5 Å². The van der Waals surface area contributed by atoms with Gasteiger partial charge in [-0.15, -0.1) is 5.92 Å². The van der Waals surface area contributed by atoms with Gasteiger partial charge in [0.2, 0.25) is 0 Å². The maximum Gasteiger partial charge on any atom is 1.00 e. The van der Waals surface area contributed by atoms with Crippen LogP contribution in [0.2, 0.25) is 0 Å². The van der Waals surface area contributed by atoms with Crippen LogP contribution in [-0.2, 0) is 11.3 Å². The zero-order valence-corrected chi connectivity index (χ0v) is 20.5. The van der Waals surface area contributed by atoms with Crippen molar-refractivity contribution >= 4 is 11.8 Å². The first-order valence-corrected chi connectivity index (χ1v) is 8.20.